The number of nitrogen functional groups attached to an aromatic ring is 1. The standard InChI is InChI=1S/C15H13BrN4/c1-9-6-11(8-12(16)7-9)14-13(15(17)20-19-14)10-2-4-18-5-3-10/h2-8H,1H3,(H3,17,19,20). The molecule has 3 rings (SSSR count). The second-order valence-corrected chi connectivity index (χ2v) is 5.53. The predicted molar refractivity (Wildman–Crippen MR) is 84.1 cm³/mol. The van der Waals surface area contributed by atoms with Gasteiger partial charge in [0.15, 0.2) is 5.82 Å². The molecule has 4 nitrogen and oxygen atoms in total. The first-order chi connectivity index (χ1) is 9.65. The van der Waals surface area contributed by atoms with Crippen LogP contribution in [0.2, 0.25) is 0 Å². The van der Waals surface area contributed by atoms with Crippen molar-refractivity contribution < 1.29 is 0 Å². The van der Waals surface area contributed by atoms with Gasteiger partial charge >= 0.3 is 0 Å². The number of hydrogen-bond donors (Lipinski definition) is 2. The number of halogens is 1. The Kier molecular flexibility index (Phi) is 3.28. The molecule has 0 bridgehead atoms. The van der Waals surface area contributed by atoms with E-state index in [0.29, 0.717) is 5.82 Å². The van der Waals surface area contributed by atoms with Crippen molar-refractivity contribution in [3.05, 3.63) is 52.8 Å². The molecular formula is C15H13BrN4. The molecule has 0 saturated heterocycles. The Bertz CT molecular complexity index is 730. The molecule has 2 heterocycles. The van der Waals surface area contributed by atoms with E-state index in [1.54, 1.807) is 12.4 Å². The molecule has 100 valence electrons. The SMILES string of the molecule is Cc1cc(Br)cc(-c2[nH]nc(N)c2-c2ccncc2)c1. The summed E-state index contributed by atoms with van der Waals surface area (Å²) in [6, 6.07) is 10.1. The number of anilines is 1. The number of aromatic amines is 1. The van der Waals surface area contributed by atoms with E-state index in [9.17, 15) is 0 Å². The summed E-state index contributed by atoms with van der Waals surface area (Å²) in [5, 5.41) is 7.17. The summed E-state index contributed by atoms with van der Waals surface area (Å²) in [6.07, 6.45) is 3.50. The molecule has 0 atom stereocenters. The van der Waals surface area contributed by atoms with Crippen LogP contribution in [0.25, 0.3) is 22.4 Å². The van der Waals surface area contributed by atoms with Gasteiger partial charge in [-0.05, 0) is 48.4 Å². The lowest BCUT2D eigenvalue weighted by molar-refractivity contribution is 1.10. The van der Waals surface area contributed by atoms with Crippen molar-refractivity contribution in [2.45, 2.75) is 6.92 Å². The molecule has 0 saturated carbocycles. The van der Waals surface area contributed by atoms with Crippen LogP contribution in [0.3, 0.4) is 0 Å². The molecule has 0 spiro atoms. The number of benzene rings is 1. The topological polar surface area (TPSA) is 67.6 Å². The van der Waals surface area contributed by atoms with E-state index in [-0.39, 0.29) is 0 Å². The molecule has 0 unspecified atom stereocenters. The molecule has 3 N–H and O–H groups in total. The Morgan fingerprint density at radius 1 is 1.10 bits per heavy atom. The second-order valence-electron chi connectivity index (χ2n) is 4.61. The van der Waals surface area contributed by atoms with Gasteiger partial charge in [0, 0.05) is 22.4 Å². The molecule has 0 fully saturated rings. The molecule has 3 aromatic rings. The minimum atomic E-state index is 0.490. The molecular weight excluding hydrogens is 316 g/mol. The monoisotopic (exact) mass is 328 g/mol. The van der Waals surface area contributed by atoms with Crippen molar-refractivity contribution in [2.75, 3.05) is 5.73 Å². The van der Waals surface area contributed by atoms with Crippen LogP contribution in [0.15, 0.2) is 47.2 Å². The van der Waals surface area contributed by atoms with Gasteiger partial charge in [-0.3, -0.25) is 10.1 Å². The van der Waals surface area contributed by atoms with Crippen LogP contribution < -0.4 is 5.73 Å². The van der Waals surface area contributed by atoms with Gasteiger partial charge in [0.2, 0.25) is 0 Å². The number of hydrogen-bond acceptors (Lipinski definition) is 3. The first-order valence-corrected chi connectivity index (χ1v) is 6.96. The molecule has 0 aliphatic rings. The average Bonchev–Trinajstić information content (AvgIpc) is 2.80. The third kappa shape index (κ3) is 2.32. The Hall–Kier alpha value is -2.14. The first-order valence-electron chi connectivity index (χ1n) is 6.17. The molecule has 0 radical (unpaired) electrons. The maximum absolute atomic E-state index is 6.01. The highest BCUT2D eigenvalue weighted by Crippen LogP contribution is 2.35. The lowest BCUT2D eigenvalue weighted by Gasteiger charge is -2.06. The first kappa shape index (κ1) is 12.9. The van der Waals surface area contributed by atoms with E-state index in [0.717, 1.165) is 26.9 Å². The van der Waals surface area contributed by atoms with Gasteiger partial charge in [0.1, 0.15) is 0 Å². The third-order valence-electron chi connectivity index (χ3n) is 3.09. The minimum Gasteiger partial charge on any atom is -0.382 e. The van der Waals surface area contributed by atoms with Gasteiger partial charge in [0.25, 0.3) is 0 Å². The van der Waals surface area contributed by atoms with Gasteiger partial charge in [0.05, 0.1) is 11.3 Å². The highest BCUT2D eigenvalue weighted by atomic mass is 79.9. The number of H-pyrrole nitrogens is 1. The number of nitrogens with zero attached hydrogens (tertiary/aromatic N) is 2. The summed E-state index contributed by atoms with van der Waals surface area (Å²) in [4.78, 5) is 4.04. The van der Waals surface area contributed by atoms with Crippen LogP contribution in [0, 0.1) is 6.92 Å². The fourth-order valence-corrected chi connectivity index (χ4v) is 2.86. The van der Waals surface area contributed by atoms with Gasteiger partial charge < -0.3 is 5.73 Å². The van der Waals surface area contributed by atoms with Crippen molar-refractivity contribution in [1.82, 2.24) is 15.2 Å². The van der Waals surface area contributed by atoms with Crippen LogP contribution in [0.1, 0.15) is 5.56 Å². The van der Waals surface area contributed by atoms with Crippen molar-refractivity contribution in [1.29, 1.82) is 0 Å². The maximum atomic E-state index is 6.01. The Balaban J connectivity index is 2.21. The zero-order valence-electron chi connectivity index (χ0n) is 10.9. The third-order valence-corrected chi connectivity index (χ3v) is 3.55. The van der Waals surface area contributed by atoms with Crippen LogP contribution in [0.5, 0.6) is 0 Å². The Morgan fingerprint density at radius 2 is 1.85 bits per heavy atom. The van der Waals surface area contributed by atoms with E-state index >= 15 is 0 Å². The van der Waals surface area contributed by atoms with E-state index in [2.05, 4.69) is 50.2 Å². The lowest BCUT2D eigenvalue weighted by atomic mass is 10.0. The quantitative estimate of drug-likeness (QED) is 0.752. The van der Waals surface area contributed by atoms with Crippen LogP contribution in [-0.4, -0.2) is 15.2 Å². The summed E-state index contributed by atoms with van der Waals surface area (Å²) in [6.45, 7) is 2.06. The van der Waals surface area contributed by atoms with E-state index < -0.39 is 0 Å². The van der Waals surface area contributed by atoms with Crippen molar-refractivity contribution in [3.8, 4) is 22.4 Å². The van der Waals surface area contributed by atoms with Crippen LogP contribution >= 0.6 is 15.9 Å². The van der Waals surface area contributed by atoms with Gasteiger partial charge in [-0.1, -0.05) is 15.9 Å². The number of nitrogens with two attached hydrogens (primary N) is 1. The largest absolute Gasteiger partial charge is 0.382 e. The average molecular weight is 329 g/mol. The molecule has 20 heavy (non-hydrogen) atoms. The normalized spacial score (nSPS) is 10.7. The Morgan fingerprint density at radius 3 is 2.55 bits per heavy atom. The van der Waals surface area contributed by atoms with Crippen LogP contribution in [0.4, 0.5) is 5.82 Å². The van der Waals surface area contributed by atoms with Crippen molar-refractivity contribution >= 4 is 21.7 Å². The Labute approximate surface area is 125 Å². The van der Waals surface area contributed by atoms with E-state index in [4.69, 9.17) is 5.73 Å². The molecule has 0 aliphatic carbocycles. The maximum Gasteiger partial charge on any atom is 0.153 e. The summed E-state index contributed by atoms with van der Waals surface area (Å²) in [7, 11) is 0. The van der Waals surface area contributed by atoms with Crippen molar-refractivity contribution in [2.24, 2.45) is 0 Å². The molecule has 5 heteroatoms. The molecule has 0 aliphatic heterocycles. The number of pyridine rings is 1. The number of aromatic nitrogens is 3. The highest BCUT2D eigenvalue weighted by Gasteiger charge is 2.15. The number of rotatable bonds is 2. The minimum absolute atomic E-state index is 0.490. The highest BCUT2D eigenvalue weighted by molar-refractivity contribution is 9.10. The zero-order valence-corrected chi connectivity index (χ0v) is 12.5. The van der Waals surface area contributed by atoms with Gasteiger partial charge in [-0.25, -0.2) is 0 Å². The predicted octanol–water partition coefficient (Wildman–Crippen LogP) is 3.79. The fraction of sp³-hybridized carbons (Fsp3) is 0.0667. The lowest BCUT2D eigenvalue weighted by Crippen LogP contribution is -1.89. The molecule has 2 aromatic heterocycles. The molecule has 1 aromatic carbocycles. The summed E-state index contributed by atoms with van der Waals surface area (Å²) in [5.74, 6) is 0.490. The fourth-order valence-electron chi connectivity index (χ4n) is 2.26. The number of nitrogens with one attached hydrogen (secondary N) is 1. The van der Waals surface area contributed by atoms with Crippen LogP contribution in [-0.2, 0) is 0 Å². The van der Waals surface area contributed by atoms with Crippen molar-refractivity contribution in [3.63, 3.8) is 0 Å². The summed E-state index contributed by atoms with van der Waals surface area (Å²) < 4.78 is 1.03. The smallest absolute Gasteiger partial charge is 0.153 e. The second kappa shape index (κ2) is 5.09. The summed E-state index contributed by atoms with van der Waals surface area (Å²) in [5.41, 5.74) is 11.1. The zero-order chi connectivity index (χ0) is 14.1. The van der Waals surface area contributed by atoms with Gasteiger partial charge in [-0.15, -0.1) is 0 Å². The molecule has 0 amide bonds. The summed E-state index contributed by atoms with van der Waals surface area (Å²) >= 11 is 3.52. The van der Waals surface area contributed by atoms with E-state index in [1.165, 1.54) is 5.56 Å². The number of aryl methyl sites for hydroxylation is 1. The van der Waals surface area contributed by atoms with Gasteiger partial charge in [-0.2, -0.15) is 5.10 Å². The van der Waals surface area contributed by atoms with E-state index in [1.807, 2.05) is 18.2 Å².